The van der Waals surface area contributed by atoms with Crippen LogP contribution in [0.3, 0.4) is 0 Å². The van der Waals surface area contributed by atoms with Crippen LogP contribution >= 0.6 is 0 Å². The molecule has 1 aliphatic carbocycles. The Morgan fingerprint density at radius 2 is 1.94 bits per heavy atom. The highest BCUT2D eigenvalue weighted by Crippen LogP contribution is 2.44. The lowest BCUT2D eigenvalue weighted by Crippen LogP contribution is -2.41. The molecule has 0 aromatic carbocycles. The van der Waals surface area contributed by atoms with Gasteiger partial charge in [-0.2, -0.15) is 0 Å². The van der Waals surface area contributed by atoms with Crippen molar-refractivity contribution in [3.63, 3.8) is 0 Å². The van der Waals surface area contributed by atoms with Crippen LogP contribution in [0.25, 0.3) is 0 Å². The topological polar surface area (TPSA) is 29.5 Å². The molecule has 3 heteroatoms. The van der Waals surface area contributed by atoms with Crippen LogP contribution in [-0.2, 0) is 9.53 Å². The lowest BCUT2D eigenvalue weighted by atomic mass is 9.84. The Hall–Kier alpha value is -0.830. The van der Waals surface area contributed by atoms with Gasteiger partial charge in [-0.1, -0.05) is 18.4 Å². The van der Waals surface area contributed by atoms with E-state index in [-0.39, 0.29) is 5.97 Å². The smallest absolute Gasteiger partial charge is 0.335 e. The molecule has 2 aliphatic heterocycles. The zero-order chi connectivity index (χ0) is 12.7. The zero-order valence-electron chi connectivity index (χ0n) is 11.4. The van der Waals surface area contributed by atoms with Crippen molar-refractivity contribution in [2.24, 2.45) is 5.92 Å². The Labute approximate surface area is 109 Å². The summed E-state index contributed by atoms with van der Waals surface area (Å²) in [4.78, 5) is 14.6. The van der Waals surface area contributed by atoms with Crippen molar-refractivity contribution >= 4 is 5.97 Å². The molecule has 0 aromatic rings. The predicted molar refractivity (Wildman–Crippen MR) is 70.2 cm³/mol. The van der Waals surface area contributed by atoms with Crippen LogP contribution in [0.4, 0.5) is 0 Å². The van der Waals surface area contributed by atoms with Crippen molar-refractivity contribution in [3.8, 4) is 0 Å². The van der Waals surface area contributed by atoms with Gasteiger partial charge in [0.2, 0.25) is 0 Å². The molecule has 3 aliphatic rings. The fraction of sp³-hybridized carbons (Fsp3) is 0.800. The summed E-state index contributed by atoms with van der Waals surface area (Å²) in [5.41, 5.74) is 2.46. The first-order chi connectivity index (χ1) is 8.72. The average molecular weight is 249 g/mol. The van der Waals surface area contributed by atoms with Crippen LogP contribution in [0.5, 0.6) is 0 Å². The number of carbonyl (C=O) groups is 1. The maximum absolute atomic E-state index is 12.2. The molecule has 18 heavy (non-hydrogen) atoms. The molecule has 100 valence electrons. The molecule has 1 saturated carbocycles. The van der Waals surface area contributed by atoms with Crippen LogP contribution in [0.15, 0.2) is 11.1 Å². The molecule has 3 rings (SSSR count). The largest absolute Gasteiger partial charge is 0.466 e. The van der Waals surface area contributed by atoms with Gasteiger partial charge >= 0.3 is 5.97 Å². The second-order valence-corrected chi connectivity index (χ2v) is 6.03. The van der Waals surface area contributed by atoms with Crippen molar-refractivity contribution in [1.82, 2.24) is 4.90 Å². The molecule has 0 N–H and O–H groups in total. The number of ether oxygens (including phenoxy) is 1. The normalized spacial score (nSPS) is 33.2. The zero-order valence-corrected chi connectivity index (χ0v) is 11.4. The number of carbonyl (C=O) groups excluding carboxylic acids is 1. The van der Waals surface area contributed by atoms with E-state index in [0.29, 0.717) is 18.0 Å². The third-order valence-corrected chi connectivity index (χ3v) is 5.23. The van der Waals surface area contributed by atoms with E-state index in [9.17, 15) is 4.79 Å². The molecule has 1 saturated heterocycles. The van der Waals surface area contributed by atoms with Gasteiger partial charge in [0, 0.05) is 12.1 Å². The van der Waals surface area contributed by atoms with Gasteiger partial charge in [-0.05, 0) is 45.1 Å². The summed E-state index contributed by atoms with van der Waals surface area (Å²) in [6, 6.07) is 0.991. The number of esters is 1. The van der Waals surface area contributed by atoms with Crippen molar-refractivity contribution in [3.05, 3.63) is 11.1 Å². The minimum Gasteiger partial charge on any atom is -0.466 e. The highest BCUT2D eigenvalue weighted by atomic mass is 16.5. The van der Waals surface area contributed by atoms with Gasteiger partial charge in [0.1, 0.15) is 0 Å². The van der Waals surface area contributed by atoms with E-state index in [4.69, 9.17) is 4.74 Å². The van der Waals surface area contributed by atoms with Crippen LogP contribution in [-0.4, -0.2) is 37.1 Å². The number of hydrogen-bond acceptors (Lipinski definition) is 3. The van der Waals surface area contributed by atoms with Gasteiger partial charge in [-0.25, -0.2) is 4.79 Å². The number of likely N-dealkylation sites (N-methyl/N-ethyl adjacent to an activating group) is 1. The van der Waals surface area contributed by atoms with Gasteiger partial charge in [0.25, 0.3) is 0 Å². The van der Waals surface area contributed by atoms with Gasteiger partial charge in [-0.15, -0.1) is 0 Å². The molecule has 2 atom stereocenters. The summed E-state index contributed by atoms with van der Waals surface area (Å²) in [5.74, 6) is 0.588. The molecule has 0 radical (unpaired) electrons. The minimum absolute atomic E-state index is 0.0749. The molecule has 3 nitrogen and oxygen atoms in total. The molecule has 2 unspecified atom stereocenters. The van der Waals surface area contributed by atoms with E-state index in [1.165, 1.54) is 44.8 Å². The van der Waals surface area contributed by atoms with Gasteiger partial charge in [0.15, 0.2) is 0 Å². The second-order valence-electron chi connectivity index (χ2n) is 6.03. The number of fused-ring (bicyclic) bond motifs is 2. The first-order valence-corrected chi connectivity index (χ1v) is 7.25. The lowest BCUT2D eigenvalue weighted by molar-refractivity contribution is -0.137. The SMILES string of the molecule is COC(=O)C1=C(C2CCCC2)CC2CCC1N2C. The third kappa shape index (κ3) is 1.80. The number of methoxy groups -OCH3 is 1. The van der Waals surface area contributed by atoms with Crippen molar-refractivity contribution < 1.29 is 9.53 Å². The number of rotatable bonds is 2. The second kappa shape index (κ2) is 4.69. The Balaban J connectivity index is 1.98. The highest BCUT2D eigenvalue weighted by molar-refractivity contribution is 5.91. The Morgan fingerprint density at radius 3 is 2.61 bits per heavy atom. The molecule has 0 amide bonds. The quantitative estimate of drug-likeness (QED) is 0.704. The Bertz CT molecular complexity index is 382. The van der Waals surface area contributed by atoms with Crippen molar-refractivity contribution in [2.75, 3.05) is 14.2 Å². The molecule has 2 heterocycles. The fourth-order valence-electron chi connectivity index (χ4n) is 4.22. The monoisotopic (exact) mass is 249 g/mol. The molecule has 0 aromatic heterocycles. The third-order valence-electron chi connectivity index (χ3n) is 5.23. The molecule has 2 fully saturated rings. The highest BCUT2D eigenvalue weighted by Gasteiger charge is 2.43. The van der Waals surface area contributed by atoms with Gasteiger partial charge < -0.3 is 4.74 Å². The maximum atomic E-state index is 12.2. The molecular weight excluding hydrogens is 226 g/mol. The van der Waals surface area contributed by atoms with Crippen LogP contribution in [0.1, 0.15) is 44.9 Å². The summed E-state index contributed by atoms with van der Waals surface area (Å²) in [6.07, 6.45) is 8.67. The van der Waals surface area contributed by atoms with Gasteiger partial charge in [0.05, 0.1) is 12.7 Å². The lowest BCUT2D eigenvalue weighted by Gasteiger charge is -2.36. The van der Waals surface area contributed by atoms with E-state index in [0.717, 1.165) is 18.4 Å². The average Bonchev–Trinajstić information content (AvgIpc) is 2.96. The minimum atomic E-state index is -0.0749. The molecule has 2 bridgehead atoms. The van der Waals surface area contributed by atoms with E-state index < -0.39 is 0 Å². The number of nitrogens with zero attached hydrogens (tertiary/aromatic N) is 1. The van der Waals surface area contributed by atoms with Crippen LogP contribution in [0, 0.1) is 5.92 Å². The van der Waals surface area contributed by atoms with Crippen LogP contribution < -0.4 is 0 Å². The summed E-state index contributed by atoms with van der Waals surface area (Å²) >= 11 is 0. The van der Waals surface area contributed by atoms with E-state index in [2.05, 4.69) is 11.9 Å². The van der Waals surface area contributed by atoms with Crippen molar-refractivity contribution in [2.45, 2.75) is 57.0 Å². The Kier molecular flexibility index (Phi) is 3.18. The first kappa shape index (κ1) is 12.2. The Morgan fingerprint density at radius 1 is 1.22 bits per heavy atom. The summed E-state index contributed by atoms with van der Waals surface area (Å²) < 4.78 is 5.05. The van der Waals surface area contributed by atoms with Crippen LogP contribution in [0.2, 0.25) is 0 Å². The number of hydrogen-bond donors (Lipinski definition) is 0. The molecular formula is C15H23NO2. The van der Waals surface area contributed by atoms with E-state index in [1.807, 2.05) is 0 Å². The standard InChI is InChI=1S/C15H23NO2/c1-16-11-7-8-13(16)14(15(17)18-2)12(9-11)10-5-3-4-6-10/h10-11,13H,3-9H2,1-2H3. The van der Waals surface area contributed by atoms with E-state index >= 15 is 0 Å². The van der Waals surface area contributed by atoms with Crippen molar-refractivity contribution in [1.29, 1.82) is 0 Å². The summed E-state index contributed by atoms with van der Waals surface area (Å²) in [6.45, 7) is 0. The fourth-order valence-corrected chi connectivity index (χ4v) is 4.22. The molecule has 0 spiro atoms. The summed E-state index contributed by atoms with van der Waals surface area (Å²) in [5, 5.41) is 0. The van der Waals surface area contributed by atoms with E-state index in [1.54, 1.807) is 0 Å². The summed E-state index contributed by atoms with van der Waals surface area (Å²) in [7, 11) is 3.68. The predicted octanol–water partition coefficient (Wildman–Crippen LogP) is 2.51. The van der Waals surface area contributed by atoms with Gasteiger partial charge in [-0.3, -0.25) is 4.90 Å². The first-order valence-electron chi connectivity index (χ1n) is 7.25. The maximum Gasteiger partial charge on any atom is 0.335 e.